The molecule has 3 rings (SSSR count). The van der Waals surface area contributed by atoms with Crippen LogP contribution in [0.1, 0.15) is 0 Å². The predicted molar refractivity (Wildman–Crippen MR) is 116 cm³/mol. The standard InChI is InChI=1S/C21H23F2N3O8S/c1-31-9-10-32-21(28)25-7-8-26(18(13-25)20(27)34-24)35(29,30)15-11-16(22)19(17(23)12-15)33-14-5-3-2-4-6-14/h2-6,11-12,18H,7-10,13,24H2,1H3/t18-/m1/s1. The molecule has 1 amide bonds. The number of nitrogens with zero attached hydrogens (tertiary/aromatic N) is 2. The minimum absolute atomic E-state index is 0.0597. The summed E-state index contributed by atoms with van der Waals surface area (Å²) in [6.45, 7) is -0.945. The minimum atomic E-state index is -4.63. The third-order valence-electron chi connectivity index (χ3n) is 5.03. The van der Waals surface area contributed by atoms with E-state index in [0.717, 1.165) is 4.90 Å². The minimum Gasteiger partial charge on any atom is -0.451 e. The van der Waals surface area contributed by atoms with Crippen LogP contribution in [-0.2, 0) is 29.1 Å². The maximum Gasteiger partial charge on any atom is 0.409 e. The Hall–Kier alpha value is -3.33. The molecule has 2 aromatic carbocycles. The maximum atomic E-state index is 14.7. The molecule has 0 bridgehead atoms. The molecular weight excluding hydrogens is 492 g/mol. The second-order valence-electron chi connectivity index (χ2n) is 7.25. The molecule has 1 fully saturated rings. The summed E-state index contributed by atoms with van der Waals surface area (Å²) in [5, 5.41) is 0. The Kier molecular flexibility index (Phi) is 8.56. The van der Waals surface area contributed by atoms with Crippen LogP contribution < -0.4 is 10.6 Å². The molecule has 0 spiro atoms. The van der Waals surface area contributed by atoms with Crippen molar-refractivity contribution in [2.24, 2.45) is 5.90 Å². The number of rotatable bonds is 8. The molecule has 1 saturated heterocycles. The number of methoxy groups -OCH3 is 1. The summed E-state index contributed by atoms with van der Waals surface area (Å²) < 4.78 is 71.5. The molecule has 1 aliphatic rings. The molecule has 11 nitrogen and oxygen atoms in total. The first-order valence-corrected chi connectivity index (χ1v) is 11.7. The van der Waals surface area contributed by atoms with Crippen molar-refractivity contribution in [2.75, 3.05) is 40.0 Å². The summed E-state index contributed by atoms with van der Waals surface area (Å²) in [6.07, 6.45) is -0.812. The van der Waals surface area contributed by atoms with E-state index in [1.165, 1.54) is 19.2 Å². The average Bonchev–Trinajstić information content (AvgIpc) is 2.85. The van der Waals surface area contributed by atoms with E-state index in [-0.39, 0.29) is 25.5 Å². The number of ether oxygens (including phenoxy) is 3. The highest BCUT2D eigenvalue weighted by Gasteiger charge is 2.43. The Bertz CT molecular complexity index is 1140. The molecular formula is C21H23F2N3O8S. The Balaban J connectivity index is 1.85. The summed E-state index contributed by atoms with van der Waals surface area (Å²) >= 11 is 0. The average molecular weight is 515 g/mol. The molecule has 0 aromatic heterocycles. The Morgan fingerprint density at radius 1 is 1.09 bits per heavy atom. The zero-order valence-electron chi connectivity index (χ0n) is 18.6. The van der Waals surface area contributed by atoms with Crippen LogP contribution in [0.2, 0.25) is 0 Å². The molecule has 2 N–H and O–H groups in total. The van der Waals surface area contributed by atoms with Crippen molar-refractivity contribution in [3.63, 3.8) is 0 Å². The van der Waals surface area contributed by atoms with E-state index in [4.69, 9.17) is 20.1 Å². The quantitative estimate of drug-likeness (QED) is 0.411. The number of nitrogens with two attached hydrogens (primary N) is 1. The van der Waals surface area contributed by atoms with Crippen LogP contribution in [0.15, 0.2) is 47.4 Å². The topological polar surface area (TPSA) is 138 Å². The summed E-state index contributed by atoms with van der Waals surface area (Å²) in [5.74, 6) is 0.576. The van der Waals surface area contributed by atoms with E-state index in [1.807, 2.05) is 0 Å². The van der Waals surface area contributed by atoms with Crippen molar-refractivity contribution in [2.45, 2.75) is 10.9 Å². The highest BCUT2D eigenvalue weighted by Crippen LogP contribution is 2.32. The van der Waals surface area contributed by atoms with Gasteiger partial charge in [-0.15, -0.1) is 0 Å². The van der Waals surface area contributed by atoms with Gasteiger partial charge in [-0.1, -0.05) is 18.2 Å². The van der Waals surface area contributed by atoms with E-state index in [0.29, 0.717) is 16.4 Å². The Morgan fingerprint density at radius 3 is 2.34 bits per heavy atom. The fourth-order valence-corrected chi connectivity index (χ4v) is 4.90. The third kappa shape index (κ3) is 6.03. The number of hydrogen-bond acceptors (Lipinski definition) is 9. The number of benzene rings is 2. The number of para-hydroxylation sites is 1. The molecule has 190 valence electrons. The van der Waals surface area contributed by atoms with Gasteiger partial charge < -0.3 is 23.9 Å². The monoisotopic (exact) mass is 515 g/mol. The number of piperazine rings is 1. The summed E-state index contributed by atoms with van der Waals surface area (Å²) in [5.41, 5.74) is 0. The fraction of sp³-hybridized carbons (Fsp3) is 0.333. The van der Waals surface area contributed by atoms with Gasteiger partial charge >= 0.3 is 12.1 Å². The van der Waals surface area contributed by atoms with Crippen molar-refractivity contribution in [3.8, 4) is 11.5 Å². The van der Waals surface area contributed by atoms with Crippen molar-refractivity contribution in [1.29, 1.82) is 0 Å². The van der Waals surface area contributed by atoms with Crippen molar-refractivity contribution in [1.82, 2.24) is 9.21 Å². The van der Waals surface area contributed by atoms with Crippen LogP contribution in [-0.4, -0.2) is 75.7 Å². The number of hydrogen-bond donors (Lipinski definition) is 1. The van der Waals surface area contributed by atoms with Gasteiger partial charge in [0, 0.05) is 20.2 Å². The first kappa shape index (κ1) is 26.3. The lowest BCUT2D eigenvalue weighted by atomic mass is 10.2. The number of carbonyl (C=O) groups excluding carboxylic acids is 2. The molecule has 1 aliphatic heterocycles. The lowest BCUT2D eigenvalue weighted by molar-refractivity contribution is -0.150. The molecule has 0 unspecified atom stereocenters. The van der Waals surface area contributed by atoms with Gasteiger partial charge in [0.1, 0.15) is 18.4 Å². The van der Waals surface area contributed by atoms with E-state index < -0.39 is 63.5 Å². The van der Waals surface area contributed by atoms with Crippen LogP contribution >= 0.6 is 0 Å². The van der Waals surface area contributed by atoms with Gasteiger partial charge in [-0.25, -0.2) is 26.8 Å². The fourth-order valence-electron chi connectivity index (χ4n) is 3.32. The smallest absolute Gasteiger partial charge is 0.409 e. The zero-order valence-corrected chi connectivity index (χ0v) is 19.4. The summed E-state index contributed by atoms with van der Waals surface area (Å²) in [7, 11) is -3.21. The van der Waals surface area contributed by atoms with Gasteiger partial charge in [-0.05, 0) is 24.3 Å². The first-order chi connectivity index (χ1) is 16.7. The van der Waals surface area contributed by atoms with Crippen LogP contribution in [0.25, 0.3) is 0 Å². The van der Waals surface area contributed by atoms with Gasteiger partial charge in [0.2, 0.25) is 10.0 Å². The normalized spacial score (nSPS) is 16.6. The lowest BCUT2D eigenvalue weighted by Crippen LogP contribution is -2.60. The number of amides is 1. The largest absolute Gasteiger partial charge is 0.451 e. The van der Waals surface area contributed by atoms with Gasteiger partial charge in [0.25, 0.3) is 0 Å². The van der Waals surface area contributed by atoms with Crippen molar-refractivity contribution >= 4 is 22.1 Å². The number of halogens is 2. The molecule has 14 heteroatoms. The maximum absolute atomic E-state index is 14.7. The van der Waals surface area contributed by atoms with Crippen LogP contribution in [0, 0.1) is 11.6 Å². The molecule has 1 atom stereocenters. The SMILES string of the molecule is COCCOC(=O)N1CCN(S(=O)(=O)c2cc(F)c(Oc3ccccc3)c(F)c2)[C@@H](C(=O)ON)C1. The highest BCUT2D eigenvalue weighted by molar-refractivity contribution is 7.89. The van der Waals surface area contributed by atoms with E-state index in [2.05, 4.69) is 4.84 Å². The van der Waals surface area contributed by atoms with Gasteiger partial charge in [-0.3, -0.25) is 0 Å². The lowest BCUT2D eigenvalue weighted by Gasteiger charge is -2.38. The second-order valence-corrected chi connectivity index (χ2v) is 9.14. The van der Waals surface area contributed by atoms with E-state index in [1.54, 1.807) is 18.2 Å². The number of carbonyl (C=O) groups is 2. The molecule has 0 radical (unpaired) electrons. The van der Waals surface area contributed by atoms with Crippen molar-refractivity contribution < 1.29 is 45.8 Å². The van der Waals surface area contributed by atoms with E-state index >= 15 is 0 Å². The molecule has 1 heterocycles. The summed E-state index contributed by atoms with van der Waals surface area (Å²) in [4.78, 5) is 29.0. The third-order valence-corrected chi connectivity index (χ3v) is 6.92. The predicted octanol–water partition coefficient (Wildman–Crippen LogP) is 1.63. The van der Waals surface area contributed by atoms with Crippen molar-refractivity contribution in [3.05, 3.63) is 54.1 Å². The Labute approximate surface area is 199 Å². The van der Waals surface area contributed by atoms with E-state index in [9.17, 15) is 26.8 Å². The Morgan fingerprint density at radius 2 is 1.74 bits per heavy atom. The van der Waals surface area contributed by atoms with Crippen LogP contribution in [0.5, 0.6) is 11.5 Å². The first-order valence-electron chi connectivity index (χ1n) is 10.2. The highest BCUT2D eigenvalue weighted by atomic mass is 32.2. The number of sulfonamides is 1. The molecule has 2 aromatic rings. The second kappa shape index (κ2) is 11.4. The molecule has 0 saturated carbocycles. The van der Waals surface area contributed by atoms with Crippen LogP contribution in [0.3, 0.4) is 0 Å². The van der Waals surface area contributed by atoms with Crippen LogP contribution in [0.4, 0.5) is 13.6 Å². The van der Waals surface area contributed by atoms with Gasteiger partial charge in [0.05, 0.1) is 18.0 Å². The zero-order chi connectivity index (χ0) is 25.6. The summed E-state index contributed by atoms with van der Waals surface area (Å²) in [6, 6.07) is 7.36. The van der Waals surface area contributed by atoms with Gasteiger partial charge in [-0.2, -0.15) is 10.2 Å². The van der Waals surface area contributed by atoms with Gasteiger partial charge in [0.15, 0.2) is 17.4 Å². The molecule has 35 heavy (non-hydrogen) atoms. The molecule has 0 aliphatic carbocycles.